The fraction of sp³-hybridized carbons (Fsp3) is 0.846. The van der Waals surface area contributed by atoms with Gasteiger partial charge in [0.25, 0.3) is 0 Å². The highest BCUT2D eigenvalue weighted by molar-refractivity contribution is 7.92. The highest BCUT2D eigenvalue weighted by Crippen LogP contribution is 2.38. The number of hydrogen-bond donors (Lipinski definition) is 3. The zero-order chi connectivity index (χ0) is 16.5. The van der Waals surface area contributed by atoms with E-state index in [1.165, 1.54) is 13.8 Å². The number of carbonyl (C=O) groups excluding carboxylic acids is 1. The molecule has 2 unspecified atom stereocenters. The van der Waals surface area contributed by atoms with Crippen molar-refractivity contribution < 1.29 is 23.1 Å². The maximum atomic E-state index is 11.9. The Hall–Kier alpha value is -1.31. The van der Waals surface area contributed by atoms with E-state index in [0.717, 1.165) is 12.7 Å². The van der Waals surface area contributed by atoms with E-state index >= 15 is 0 Å². The minimum Gasteiger partial charge on any atom is -0.481 e. The van der Waals surface area contributed by atoms with Crippen LogP contribution >= 0.6 is 0 Å². The second-order valence-corrected chi connectivity index (χ2v) is 9.18. The molecule has 0 saturated heterocycles. The smallest absolute Gasteiger partial charge is 0.315 e. The molecule has 0 aromatic rings. The Morgan fingerprint density at radius 2 is 1.95 bits per heavy atom. The third-order valence-corrected chi connectivity index (χ3v) is 6.58. The fourth-order valence-corrected chi connectivity index (χ4v) is 2.62. The number of carboxylic acids is 1. The lowest BCUT2D eigenvalue weighted by atomic mass is 9.85. The number of hydrogen-bond acceptors (Lipinski definition) is 4. The predicted molar refractivity (Wildman–Crippen MR) is 78.8 cm³/mol. The summed E-state index contributed by atoms with van der Waals surface area (Å²) in [5.41, 5.74) is -0.969. The van der Waals surface area contributed by atoms with Gasteiger partial charge in [-0.05, 0) is 33.6 Å². The van der Waals surface area contributed by atoms with Gasteiger partial charge in [-0.25, -0.2) is 13.2 Å². The molecule has 122 valence electrons. The van der Waals surface area contributed by atoms with E-state index in [2.05, 4.69) is 10.6 Å². The van der Waals surface area contributed by atoms with E-state index in [0.29, 0.717) is 12.8 Å². The fourth-order valence-electron chi connectivity index (χ4n) is 2.29. The van der Waals surface area contributed by atoms with Gasteiger partial charge >= 0.3 is 12.0 Å². The van der Waals surface area contributed by atoms with E-state index in [-0.39, 0.29) is 6.54 Å². The van der Waals surface area contributed by atoms with Gasteiger partial charge in [0.1, 0.15) is 0 Å². The molecule has 0 aromatic heterocycles. The van der Waals surface area contributed by atoms with Crippen LogP contribution in [0.25, 0.3) is 0 Å². The van der Waals surface area contributed by atoms with Gasteiger partial charge in [0.05, 0.1) is 10.2 Å². The Morgan fingerprint density at radius 1 is 1.38 bits per heavy atom. The molecule has 21 heavy (non-hydrogen) atoms. The van der Waals surface area contributed by atoms with E-state index in [1.807, 2.05) is 0 Å². The molecule has 0 spiro atoms. The van der Waals surface area contributed by atoms with Crippen LogP contribution in [0.2, 0.25) is 0 Å². The van der Waals surface area contributed by atoms with Crippen LogP contribution in [0.4, 0.5) is 4.79 Å². The van der Waals surface area contributed by atoms with Gasteiger partial charge in [0.15, 0.2) is 9.84 Å². The number of urea groups is 1. The van der Waals surface area contributed by atoms with Crippen molar-refractivity contribution in [3.8, 4) is 0 Å². The maximum absolute atomic E-state index is 11.9. The van der Waals surface area contributed by atoms with Crippen LogP contribution in [0.15, 0.2) is 0 Å². The van der Waals surface area contributed by atoms with Crippen LogP contribution in [0.3, 0.4) is 0 Å². The van der Waals surface area contributed by atoms with Gasteiger partial charge in [-0.15, -0.1) is 0 Å². The summed E-state index contributed by atoms with van der Waals surface area (Å²) in [6.45, 7) is 4.64. The van der Waals surface area contributed by atoms with Gasteiger partial charge in [0, 0.05) is 18.8 Å². The molecule has 2 atom stereocenters. The number of aliphatic carboxylic acids is 1. The van der Waals surface area contributed by atoms with Crippen LogP contribution in [0.5, 0.6) is 0 Å². The molecule has 1 aliphatic rings. The lowest BCUT2D eigenvalue weighted by Gasteiger charge is -2.29. The molecule has 8 heteroatoms. The molecule has 1 rings (SSSR count). The van der Waals surface area contributed by atoms with E-state index in [4.69, 9.17) is 0 Å². The van der Waals surface area contributed by atoms with Gasteiger partial charge in [0.2, 0.25) is 0 Å². The van der Waals surface area contributed by atoms with Crippen molar-refractivity contribution in [2.24, 2.45) is 5.41 Å². The Morgan fingerprint density at radius 3 is 2.43 bits per heavy atom. The van der Waals surface area contributed by atoms with Crippen LogP contribution < -0.4 is 10.6 Å². The van der Waals surface area contributed by atoms with Crippen LogP contribution in [-0.4, -0.2) is 49.1 Å². The summed E-state index contributed by atoms with van der Waals surface area (Å²) >= 11 is 0. The maximum Gasteiger partial charge on any atom is 0.315 e. The molecule has 1 saturated carbocycles. The first-order chi connectivity index (χ1) is 9.40. The topological polar surface area (TPSA) is 113 Å². The number of nitrogens with one attached hydrogen (secondary N) is 2. The van der Waals surface area contributed by atoms with Crippen molar-refractivity contribution in [2.45, 2.75) is 50.8 Å². The molecule has 0 bridgehead atoms. The average Bonchev–Trinajstić information content (AvgIpc) is 2.68. The zero-order valence-electron chi connectivity index (χ0n) is 12.9. The summed E-state index contributed by atoms with van der Waals surface area (Å²) in [7, 11) is -3.30. The average molecular weight is 320 g/mol. The first-order valence-electron chi connectivity index (χ1n) is 6.87. The van der Waals surface area contributed by atoms with Crippen molar-refractivity contribution in [3.05, 3.63) is 0 Å². The summed E-state index contributed by atoms with van der Waals surface area (Å²) in [6.07, 6.45) is 2.97. The van der Waals surface area contributed by atoms with Crippen molar-refractivity contribution in [1.82, 2.24) is 10.6 Å². The zero-order valence-corrected chi connectivity index (χ0v) is 13.7. The van der Waals surface area contributed by atoms with E-state index < -0.39 is 38.0 Å². The van der Waals surface area contributed by atoms with Crippen molar-refractivity contribution in [1.29, 1.82) is 0 Å². The van der Waals surface area contributed by atoms with Gasteiger partial charge in [-0.3, -0.25) is 4.79 Å². The summed E-state index contributed by atoms with van der Waals surface area (Å²) in [6, 6.07) is -0.984. The standard InChI is InChI=1S/C13H24N2O5S/c1-12(2,21(4,19)20)8-14-11(18)15-9-6-5-7-13(9,3)10(16)17/h9H,5-8H2,1-4H3,(H,16,17)(H2,14,15,18). The molecular formula is C13H24N2O5S. The molecule has 3 N–H and O–H groups in total. The SMILES string of the molecule is CC1(C(=O)O)CCCC1NC(=O)NCC(C)(C)S(C)(=O)=O. The Balaban J connectivity index is 2.61. The van der Waals surface area contributed by atoms with Crippen molar-refractivity contribution in [2.75, 3.05) is 12.8 Å². The van der Waals surface area contributed by atoms with E-state index in [9.17, 15) is 23.1 Å². The molecular weight excluding hydrogens is 296 g/mol. The number of rotatable bonds is 5. The third-order valence-electron chi connectivity index (χ3n) is 4.43. The summed E-state index contributed by atoms with van der Waals surface area (Å²) in [4.78, 5) is 23.2. The van der Waals surface area contributed by atoms with Gasteiger partial charge < -0.3 is 15.7 Å². The highest BCUT2D eigenvalue weighted by Gasteiger charge is 2.46. The Labute approximate surface area is 125 Å². The van der Waals surface area contributed by atoms with Crippen LogP contribution in [0, 0.1) is 5.41 Å². The highest BCUT2D eigenvalue weighted by atomic mass is 32.2. The molecule has 2 amide bonds. The quantitative estimate of drug-likeness (QED) is 0.692. The number of carbonyl (C=O) groups is 2. The van der Waals surface area contributed by atoms with Gasteiger partial charge in [-0.1, -0.05) is 6.42 Å². The lowest BCUT2D eigenvalue weighted by Crippen LogP contribution is -2.53. The molecule has 0 aromatic carbocycles. The minimum absolute atomic E-state index is 0.0336. The Kier molecular flexibility index (Phi) is 4.92. The summed E-state index contributed by atoms with van der Waals surface area (Å²) in [5.74, 6) is -0.929. The second kappa shape index (κ2) is 5.82. The van der Waals surface area contributed by atoms with Crippen LogP contribution in [-0.2, 0) is 14.6 Å². The largest absolute Gasteiger partial charge is 0.481 e. The molecule has 0 aliphatic heterocycles. The number of sulfone groups is 1. The molecule has 0 radical (unpaired) electrons. The first-order valence-corrected chi connectivity index (χ1v) is 8.77. The first kappa shape index (κ1) is 17.7. The third kappa shape index (κ3) is 3.87. The summed E-state index contributed by atoms with van der Waals surface area (Å²) < 4.78 is 22.0. The number of amides is 2. The Bertz CT molecular complexity index is 529. The van der Waals surface area contributed by atoms with Crippen LogP contribution in [0.1, 0.15) is 40.0 Å². The minimum atomic E-state index is -3.30. The van der Waals surface area contributed by atoms with E-state index in [1.54, 1.807) is 6.92 Å². The molecule has 7 nitrogen and oxygen atoms in total. The molecule has 0 heterocycles. The second-order valence-electron chi connectivity index (χ2n) is 6.53. The summed E-state index contributed by atoms with van der Waals surface area (Å²) in [5, 5.41) is 14.4. The molecule has 1 fully saturated rings. The predicted octanol–water partition coefficient (Wildman–Crippen LogP) is 0.752. The number of carboxylic acid groups (broad SMARTS) is 1. The van der Waals surface area contributed by atoms with Crippen molar-refractivity contribution in [3.63, 3.8) is 0 Å². The molecule has 1 aliphatic carbocycles. The lowest BCUT2D eigenvalue weighted by molar-refractivity contribution is -0.148. The van der Waals surface area contributed by atoms with Gasteiger partial charge in [-0.2, -0.15) is 0 Å². The normalized spacial score (nSPS) is 26.4. The monoisotopic (exact) mass is 320 g/mol. The van der Waals surface area contributed by atoms with Crippen molar-refractivity contribution >= 4 is 21.8 Å².